The van der Waals surface area contributed by atoms with Gasteiger partial charge >= 0.3 is 5.69 Å². The van der Waals surface area contributed by atoms with Crippen molar-refractivity contribution in [3.05, 3.63) is 27.4 Å². The van der Waals surface area contributed by atoms with Gasteiger partial charge in [-0.15, -0.1) is 0 Å². The number of rotatable bonds is 6. The van der Waals surface area contributed by atoms with Gasteiger partial charge in [-0.05, 0) is 12.8 Å². The molecule has 16 heavy (non-hydrogen) atoms. The van der Waals surface area contributed by atoms with Crippen molar-refractivity contribution in [1.82, 2.24) is 4.98 Å². The summed E-state index contributed by atoms with van der Waals surface area (Å²) in [4.78, 5) is 13.8. The maximum atomic E-state index is 10.6. The van der Waals surface area contributed by atoms with Crippen LogP contribution in [0.5, 0.6) is 5.88 Å². The van der Waals surface area contributed by atoms with Crippen LogP contribution in [0.4, 0.5) is 5.69 Å². The minimum atomic E-state index is -0.597. The second kappa shape index (κ2) is 6.24. The number of aromatic nitrogens is 1. The Morgan fingerprint density at radius 2 is 2.31 bits per heavy atom. The average molecular weight is 247 g/mol. The molecule has 7 heteroatoms. The van der Waals surface area contributed by atoms with E-state index in [2.05, 4.69) is 4.98 Å². The Labute approximate surface area is 97.0 Å². The lowest BCUT2D eigenvalue weighted by atomic mass is 10.3. The molecule has 0 aliphatic carbocycles. The highest BCUT2D eigenvalue weighted by Gasteiger charge is 2.17. The first kappa shape index (κ1) is 12.7. The van der Waals surface area contributed by atoms with Crippen molar-refractivity contribution in [3.8, 4) is 5.88 Å². The molecule has 1 heterocycles. The highest BCUT2D eigenvalue weighted by molar-refractivity contribution is 6.30. The standard InChI is InChI=1S/C9H11ClN2O4/c10-7-5-8(12(14)15)9(11-6-7)16-4-2-1-3-13/h5-6,13H,1-4H2. The number of ether oxygens (including phenoxy) is 1. The van der Waals surface area contributed by atoms with Crippen LogP contribution in [-0.2, 0) is 0 Å². The van der Waals surface area contributed by atoms with Crippen LogP contribution in [0.1, 0.15) is 12.8 Å². The Morgan fingerprint density at radius 1 is 1.56 bits per heavy atom. The lowest BCUT2D eigenvalue weighted by Crippen LogP contribution is -2.03. The maximum Gasteiger partial charge on any atom is 0.332 e. The van der Waals surface area contributed by atoms with Crippen molar-refractivity contribution in [3.63, 3.8) is 0 Å². The molecule has 6 nitrogen and oxygen atoms in total. The van der Waals surface area contributed by atoms with E-state index in [4.69, 9.17) is 21.4 Å². The molecule has 0 aromatic carbocycles. The molecule has 0 saturated heterocycles. The zero-order chi connectivity index (χ0) is 12.0. The van der Waals surface area contributed by atoms with Crippen LogP contribution in [0.3, 0.4) is 0 Å². The van der Waals surface area contributed by atoms with E-state index in [1.807, 2.05) is 0 Å². The first-order chi connectivity index (χ1) is 7.65. The van der Waals surface area contributed by atoms with E-state index in [1.54, 1.807) is 0 Å². The average Bonchev–Trinajstić information content (AvgIpc) is 2.26. The molecule has 1 aromatic rings. The van der Waals surface area contributed by atoms with Crippen molar-refractivity contribution in [2.45, 2.75) is 12.8 Å². The van der Waals surface area contributed by atoms with Gasteiger partial charge in [-0.2, -0.15) is 0 Å². The lowest BCUT2D eigenvalue weighted by molar-refractivity contribution is -0.386. The molecule has 0 aliphatic rings. The van der Waals surface area contributed by atoms with Gasteiger partial charge in [0.15, 0.2) is 0 Å². The minimum Gasteiger partial charge on any atom is -0.473 e. The molecule has 1 aromatic heterocycles. The van der Waals surface area contributed by atoms with Crippen molar-refractivity contribution >= 4 is 17.3 Å². The molecule has 1 rings (SSSR count). The summed E-state index contributed by atoms with van der Waals surface area (Å²) in [6.07, 6.45) is 2.48. The Morgan fingerprint density at radius 3 is 2.94 bits per heavy atom. The monoisotopic (exact) mass is 246 g/mol. The minimum absolute atomic E-state index is 0.0488. The number of nitro groups is 1. The molecule has 0 spiro atoms. The van der Waals surface area contributed by atoms with E-state index in [-0.39, 0.29) is 29.8 Å². The molecular formula is C9H11ClN2O4. The first-order valence-electron chi connectivity index (χ1n) is 4.68. The molecule has 0 bridgehead atoms. The smallest absolute Gasteiger partial charge is 0.332 e. The number of pyridine rings is 1. The van der Waals surface area contributed by atoms with Gasteiger partial charge in [0, 0.05) is 12.7 Å². The van der Waals surface area contributed by atoms with Gasteiger partial charge in [-0.25, -0.2) is 4.98 Å². The van der Waals surface area contributed by atoms with Crippen LogP contribution in [0, 0.1) is 10.1 Å². The van der Waals surface area contributed by atoms with Crippen LogP contribution in [0.15, 0.2) is 12.3 Å². The van der Waals surface area contributed by atoms with Gasteiger partial charge < -0.3 is 9.84 Å². The van der Waals surface area contributed by atoms with Gasteiger partial charge in [0.2, 0.25) is 0 Å². The number of nitrogens with zero attached hydrogens (tertiary/aromatic N) is 2. The molecule has 0 radical (unpaired) electrons. The number of unbranched alkanes of at least 4 members (excludes halogenated alkanes) is 1. The molecule has 0 aliphatic heterocycles. The topological polar surface area (TPSA) is 85.5 Å². The molecule has 0 atom stereocenters. The van der Waals surface area contributed by atoms with Gasteiger partial charge in [-0.1, -0.05) is 11.6 Å². The predicted octanol–water partition coefficient (Wildman–Crippen LogP) is 1.79. The third-order valence-electron chi connectivity index (χ3n) is 1.79. The van der Waals surface area contributed by atoms with Crippen LogP contribution in [0.25, 0.3) is 0 Å². The summed E-state index contributed by atoms with van der Waals surface area (Å²) in [6, 6.07) is 1.19. The van der Waals surface area contributed by atoms with E-state index in [9.17, 15) is 10.1 Å². The molecule has 0 unspecified atom stereocenters. The number of aliphatic hydroxyl groups excluding tert-OH is 1. The second-order valence-corrected chi connectivity index (χ2v) is 3.45. The van der Waals surface area contributed by atoms with Gasteiger partial charge in [0.25, 0.3) is 5.88 Å². The summed E-state index contributed by atoms with van der Waals surface area (Å²) >= 11 is 5.59. The first-order valence-corrected chi connectivity index (χ1v) is 5.06. The zero-order valence-electron chi connectivity index (χ0n) is 8.43. The van der Waals surface area contributed by atoms with Crippen molar-refractivity contribution in [2.24, 2.45) is 0 Å². The van der Waals surface area contributed by atoms with E-state index < -0.39 is 4.92 Å². The molecule has 1 N–H and O–H groups in total. The van der Waals surface area contributed by atoms with Gasteiger partial charge in [-0.3, -0.25) is 10.1 Å². The Hall–Kier alpha value is -1.40. The number of hydrogen-bond acceptors (Lipinski definition) is 5. The van der Waals surface area contributed by atoms with Crippen LogP contribution in [-0.4, -0.2) is 28.2 Å². The highest BCUT2D eigenvalue weighted by atomic mass is 35.5. The van der Waals surface area contributed by atoms with Crippen molar-refractivity contribution in [1.29, 1.82) is 0 Å². The summed E-state index contributed by atoms with van der Waals surface area (Å²) < 4.78 is 5.13. The summed E-state index contributed by atoms with van der Waals surface area (Å²) in [6.45, 7) is 0.343. The molecule has 88 valence electrons. The van der Waals surface area contributed by atoms with Crippen LogP contribution < -0.4 is 4.74 Å². The predicted molar refractivity (Wildman–Crippen MR) is 57.7 cm³/mol. The highest BCUT2D eigenvalue weighted by Crippen LogP contribution is 2.26. The fourth-order valence-electron chi connectivity index (χ4n) is 1.04. The quantitative estimate of drug-likeness (QED) is 0.470. The maximum absolute atomic E-state index is 10.6. The molecule has 0 amide bonds. The molecule has 0 fully saturated rings. The summed E-state index contributed by atoms with van der Waals surface area (Å²) in [7, 11) is 0. The van der Waals surface area contributed by atoms with E-state index in [0.29, 0.717) is 12.8 Å². The summed E-state index contributed by atoms with van der Waals surface area (Å²) in [5.41, 5.74) is -0.253. The molecular weight excluding hydrogens is 236 g/mol. The van der Waals surface area contributed by atoms with Crippen LogP contribution >= 0.6 is 11.6 Å². The summed E-state index contributed by atoms with van der Waals surface area (Å²) in [5.74, 6) is -0.0488. The second-order valence-electron chi connectivity index (χ2n) is 3.01. The SMILES string of the molecule is O=[N+]([O-])c1cc(Cl)cnc1OCCCCO. The lowest BCUT2D eigenvalue weighted by Gasteiger charge is -2.04. The van der Waals surface area contributed by atoms with Crippen molar-refractivity contribution in [2.75, 3.05) is 13.2 Å². The normalized spacial score (nSPS) is 10.1. The van der Waals surface area contributed by atoms with E-state index >= 15 is 0 Å². The number of halogens is 1. The van der Waals surface area contributed by atoms with Crippen molar-refractivity contribution < 1.29 is 14.8 Å². The zero-order valence-corrected chi connectivity index (χ0v) is 9.18. The number of aliphatic hydroxyl groups is 1. The molecule has 0 saturated carbocycles. The summed E-state index contributed by atoms with van der Waals surface area (Å²) in [5, 5.41) is 19.4. The Bertz CT molecular complexity index is 373. The Balaban J connectivity index is 2.67. The fourth-order valence-corrected chi connectivity index (χ4v) is 1.19. The van der Waals surface area contributed by atoms with Gasteiger partial charge in [0.1, 0.15) is 0 Å². The Kier molecular flexibility index (Phi) is 4.94. The fraction of sp³-hybridized carbons (Fsp3) is 0.444. The third-order valence-corrected chi connectivity index (χ3v) is 1.99. The third kappa shape index (κ3) is 3.63. The van der Waals surface area contributed by atoms with Gasteiger partial charge in [0.05, 0.1) is 22.7 Å². The largest absolute Gasteiger partial charge is 0.473 e. The van der Waals surface area contributed by atoms with Crippen LogP contribution in [0.2, 0.25) is 5.02 Å². The van der Waals surface area contributed by atoms with E-state index in [1.165, 1.54) is 12.3 Å². The number of hydrogen-bond donors (Lipinski definition) is 1. The van der Waals surface area contributed by atoms with E-state index in [0.717, 1.165) is 0 Å².